The minimum atomic E-state index is 0.140. The fourth-order valence-corrected chi connectivity index (χ4v) is 1.65. The van der Waals surface area contributed by atoms with Crippen LogP contribution in [0.2, 0.25) is 0 Å². The van der Waals surface area contributed by atoms with Crippen molar-refractivity contribution in [2.45, 2.75) is 39.2 Å². The number of nitrogens with two attached hydrogens (primary N) is 1. The number of rotatable bonds is 4. The summed E-state index contributed by atoms with van der Waals surface area (Å²) >= 11 is 0. The van der Waals surface area contributed by atoms with Gasteiger partial charge in [0.05, 0.1) is 0 Å². The highest BCUT2D eigenvalue weighted by molar-refractivity contribution is 5.13. The molecule has 3 nitrogen and oxygen atoms in total. The zero-order chi connectivity index (χ0) is 9.90. The van der Waals surface area contributed by atoms with Gasteiger partial charge in [0.2, 0.25) is 0 Å². The summed E-state index contributed by atoms with van der Waals surface area (Å²) in [5, 5.41) is 4.26. The molecule has 2 N–H and O–H groups in total. The Kier molecular flexibility index (Phi) is 3.09. The third-order valence-corrected chi connectivity index (χ3v) is 2.48. The van der Waals surface area contributed by atoms with Gasteiger partial charge in [-0.3, -0.25) is 4.68 Å². The Morgan fingerprint density at radius 1 is 1.54 bits per heavy atom. The van der Waals surface area contributed by atoms with Crippen LogP contribution < -0.4 is 5.73 Å². The standard InChI is InChI=1S/C10H19N3/c1-4-13-9(5-8-12-13)10(2,3)6-7-11/h5,8H,4,6-7,11H2,1-3H3. The lowest BCUT2D eigenvalue weighted by Gasteiger charge is -2.24. The first-order chi connectivity index (χ1) is 6.11. The van der Waals surface area contributed by atoms with Crippen molar-refractivity contribution in [3.05, 3.63) is 18.0 Å². The SMILES string of the molecule is CCn1nccc1C(C)(C)CCN. The van der Waals surface area contributed by atoms with Gasteiger partial charge in [0.25, 0.3) is 0 Å². The van der Waals surface area contributed by atoms with Crippen molar-refractivity contribution in [1.29, 1.82) is 0 Å². The van der Waals surface area contributed by atoms with Crippen molar-refractivity contribution in [2.75, 3.05) is 6.54 Å². The first-order valence-electron chi connectivity index (χ1n) is 4.84. The monoisotopic (exact) mass is 181 g/mol. The van der Waals surface area contributed by atoms with Gasteiger partial charge in [0.1, 0.15) is 0 Å². The van der Waals surface area contributed by atoms with Gasteiger partial charge in [-0.2, -0.15) is 5.10 Å². The van der Waals surface area contributed by atoms with Crippen LogP contribution in [0, 0.1) is 0 Å². The Balaban J connectivity index is 2.91. The van der Waals surface area contributed by atoms with Gasteiger partial charge < -0.3 is 5.73 Å². The summed E-state index contributed by atoms with van der Waals surface area (Å²) in [5.41, 5.74) is 7.00. The van der Waals surface area contributed by atoms with Crippen molar-refractivity contribution in [3.63, 3.8) is 0 Å². The molecule has 0 spiro atoms. The van der Waals surface area contributed by atoms with Gasteiger partial charge in [-0.1, -0.05) is 13.8 Å². The van der Waals surface area contributed by atoms with Gasteiger partial charge in [0.15, 0.2) is 0 Å². The summed E-state index contributed by atoms with van der Waals surface area (Å²) < 4.78 is 2.04. The van der Waals surface area contributed by atoms with E-state index in [1.807, 2.05) is 10.9 Å². The van der Waals surface area contributed by atoms with Gasteiger partial charge in [-0.15, -0.1) is 0 Å². The second-order valence-electron chi connectivity index (χ2n) is 3.95. The van der Waals surface area contributed by atoms with E-state index in [0.717, 1.165) is 19.5 Å². The normalized spacial score (nSPS) is 12.0. The molecule has 0 radical (unpaired) electrons. The van der Waals surface area contributed by atoms with E-state index in [1.54, 1.807) is 0 Å². The molecule has 0 bridgehead atoms. The maximum absolute atomic E-state index is 5.58. The van der Waals surface area contributed by atoms with E-state index < -0.39 is 0 Å². The van der Waals surface area contributed by atoms with E-state index >= 15 is 0 Å². The highest BCUT2D eigenvalue weighted by Crippen LogP contribution is 2.25. The first kappa shape index (κ1) is 10.3. The smallest absolute Gasteiger partial charge is 0.0492 e. The third kappa shape index (κ3) is 2.10. The summed E-state index contributed by atoms with van der Waals surface area (Å²) in [6, 6.07) is 2.08. The topological polar surface area (TPSA) is 43.8 Å². The van der Waals surface area contributed by atoms with Gasteiger partial charge in [-0.05, 0) is 26.0 Å². The highest BCUT2D eigenvalue weighted by atomic mass is 15.3. The minimum absolute atomic E-state index is 0.140. The predicted octanol–water partition coefficient (Wildman–Crippen LogP) is 1.53. The van der Waals surface area contributed by atoms with Crippen LogP contribution >= 0.6 is 0 Å². The highest BCUT2D eigenvalue weighted by Gasteiger charge is 2.22. The molecular formula is C10H19N3. The Bertz CT molecular complexity index is 263. The molecule has 0 aromatic carbocycles. The van der Waals surface area contributed by atoms with E-state index in [4.69, 9.17) is 5.73 Å². The molecule has 3 heteroatoms. The molecule has 0 saturated heterocycles. The van der Waals surface area contributed by atoms with Crippen LogP contribution in [0.4, 0.5) is 0 Å². The van der Waals surface area contributed by atoms with E-state index in [2.05, 4.69) is 31.9 Å². The summed E-state index contributed by atoms with van der Waals surface area (Å²) in [6.07, 6.45) is 2.86. The second kappa shape index (κ2) is 3.92. The number of aryl methyl sites for hydroxylation is 1. The van der Waals surface area contributed by atoms with Gasteiger partial charge >= 0.3 is 0 Å². The van der Waals surface area contributed by atoms with Crippen LogP contribution in [0.15, 0.2) is 12.3 Å². The Hall–Kier alpha value is -0.830. The number of hydrogen-bond acceptors (Lipinski definition) is 2. The lowest BCUT2D eigenvalue weighted by molar-refractivity contribution is 0.434. The maximum atomic E-state index is 5.58. The molecule has 74 valence electrons. The average molecular weight is 181 g/mol. The molecule has 1 rings (SSSR count). The van der Waals surface area contributed by atoms with Gasteiger partial charge in [-0.25, -0.2) is 0 Å². The van der Waals surface area contributed by atoms with Gasteiger partial charge in [0, 0.05) is 23.9 Å². The van der Waals surface area contributed by atoms with Crippen molar-refractivity contribution in [2.24, 2.45) is 5.73 Å². The minimum Gasteiger partial charge on any atom is -0.330 e. The molecule has 1 aromatic rings. The first-order valence-corrected chi connectivity index (χ1v) is 4.84. The van der Waals surface area contributed by atoms with Crippen molar-refractivity contribution >= 4 is 0 Å². The van der Waals surface area contributed by atoms with Crippen LogP contribution in [0.1, 0.15) is 32.9 Å². The molecule has 0 aliphatic heterocycles. The molecule has 0 saturated carbocycles. The Morgan fingerprint density at radius 3 is 2.77 bits per heavy atom. The van der Waals surface area contributed by atoms with Crippen LogP contribution in [-0.4, -0.2) is 16.3 Å². The third-order valence-electron chi connectivity index (χ3n) is 2.48. The lowest BCUT2D eigenvalue weighted by Crippen LogP contribution is -2.25. The molecule has 1 aromatic heterocycles. The summed E-state index contributed by atoms with van der Waals surface area (Å²) in [6.45, 7) is 8.18. The second-order valence-corrected chi connectivity index (χ2v) is 3.95. The molecule has 0 aliphatic rings. The van der Waals surface area contributed by atoms with E-state index in [9.17, 15) is 0 Å². The molecule has 0 atom stereocenters. The molecule has 0 unspecified atom stereocenters. The quantitative estimate of drug-likeness (QED) is 0.765. The lowest BCUT2D eigenvalue weighted by atomic mass is 9.85. The zero-order valence-corrected chi connectivity index (χ0v) is 8.75. The molecule has 1 heterocycles. The average Bonchev–Trinajstić information content (AvgIpc) is 2.51. The molecule has 13 heavy (non-hydrogen) atoms. The zero-order valence-electron chi connectivity index (χ0n) is 8.75. The summed E-state index contributed by atoms with van der Waals surface area (Å²) in [4.78, 5) is 0. The van der Waals surface area contributed by atoms with E-state index in [0.29, 0.717) is 0 Å². The summed E-state index contributed by atoms with van der Waals surface area (Å²) in [5.74, 6) is 0. The Labute approximate surface area is 79.9 Å². The summed E-state index contributed by atoms with van der Waals surface area (Å²) in [7, 11) is 0. The fraction of sp³-hybridized carbons (Fsp3) is 0.700. The molecule has 0 aliphatic carbocycles. The molecular weight excluding hydrogens is 162 g/mol. The van der Waals surface area contributed by atoms with Crippen LogP contribution in [0.3, 0.4) is 0 Å². The largest absolute Gasteiger partial charge is 0.330 e. The molecule has 0 fully saturated rings. The number of nitrogens with zero attached hydrogens (tertiary/aromatic N) is 2. The molecule has 0 amide bonds. The maximum Gasteiger partial charge on any atom is 0.0492 e. The fourth-order valence-electron chi connectivity index (χ4n) is 1.65. The van der Waals surface area contributed by atoms with Crippen LogP contribution in [0.5, 0.6) is 0 Å². The van der Waals surface area contributed by atoms with E-state index in [-0.39, 0.29) is 5.41 Å². The van der Waals surface area contributed by atoms with Crippen molar-refractivity contribution in [1.82, 2.24) is 9.78 Å². The predicted molar refractivity (Wildman–Crippen MR) is 54.6 cm³/mol. The van der Waals surface area contributed by atoms with E-state index in [1.165, 1.54) is 5.69 Å². The van der Waals surface area contributed by atoms with Crippen molar-refractivity contribution in [3.8, 4) is 0 Å². The van der Waals surface area contributed by atoms with Crippen molar-refractivity contribution < 1.29 is 0 Å². The number of hydrogen-bond donors (Lipinski definition) is 1. The number of aromatic nitrogens is 2. The van der Waals surface area contributed by atoms with Crippen LogP contribution in [-0.2, 0) is 12.0 Å². The van der Waals surface area contributed by atoms with Crippen LogP contribution in [0.25, 0.3) is 0 Å². The Morgan fingerprint density at radius 2 is 2.23 bits per heavy atom.